The van der Waals surface area contributed by atoms with Crippen LogP contribution in [0.25, 0.3) is 0 Å². The van der Waals surface area contributed by atoms with Gasteiger partial charge in [0.15, 0.2) is 0 Å². The van der Waals surface area contributed by atoms with Gasteiger partial charge in [-0.1, -0.05) is 56.4 Å². The van der Waals surface area contributed by atoms with E-state index in [0.29, 0.717) is 0 Å². The molecule has 0 heteroatoms. The Labute approximate surface area is 155 Å². The number of rotatable bonds is 4. The molecule has 1 aromatic rings. The van der Waals surface area contributed by atoms with Crippen molar-refractivity contribution < 1.29 is 0 Å². The summed E-state index contributed by atoms with van der Waals surface area (Å²) in [5.41, 5.74) is 4.77. The van der Waals surface area contributed by atoms with Gasteiger partial charge in [-0.3, -0.25) is 0 Å². The highest BCUT2D eigenvalue weighted by Gasteiger charge is 2.38. The highest BCUT2D eigenvalue weighted by molar-refractivity contribution is 5.33. The lowest BCUT2D eigenvalue weighted by atomic mass is 9.61. The fourth-order valence-corrected chi connectivity index (χ4v) is 6.52. The molecule has 0 radical (unpaired) electrons. The van der Waals surface area contributed by atoms with E-state index in [-0.39, 0.29) is 0 Å². The topological polar surface area (TPSA) is 0 Å². The summed E-state index contributed by atoms with van der Waals surface area (Å²) in [5, 5.41) is 0. The summed E-state index contributed by atoms with van der Waals surface area (Å²) in [6.45, 7) is 4.59. The standard InChI is InChI=1S/C25H38/c1-3-4-5-19-7-9-23-17-25(13-11-21(23)15-19)24-12-10-20-14-18(2)6-8-22(20)16-24/h6,8,14,19,21,23-25H,3-5,7,9-13,15-17H2,1-2H3/t19-,21?,23-,24?,25?/m1/s1. The average molecular weight is 339 g/mol. The van der Waals surface area contributed by atoms with Crippen LogP contribution in [0.2, 0.25) is 0 Å². The van der Waals surface area contributed by atoms with Gasteiger partial charge < -0.3 is 0 Å². The van der Waals surface area contributed by atoms with Gasteiger partial charge in [0.2, 0.25) is 0 Å². The molecule has 0 aliphatic heterocycles. The molecule has 0 spiro atoms. The summed E-state index contributed by atoms with van der Waals surface area (Å²) in [6.07, 6.45) is 17.9. The molecule has 0 bridgehead atoms. The highest BCUT2D eigenvalue weighted by atomic mass is 14.4. The minimum absolute atomic E-state index is 0.981. The van der Waals surface area contributed by atoms with Gasteiger partial charge in [-0.05, 0) is 99.0 Å². The molecule has 3 unspecified atom stereocenters. The van der Waals surface area contributed by atoms with Crippen molar-refractivity contribution in [3.63, 3.8) is 0 Å². The molecule has 0 nitrogen and oxygen atoms in total. The van der Waals surface area contributed by atoms with E-state index in [4.69, 9.17) is 0 Å². The lowest BCUT2D eigenvalue weighted by Crippen LogP contribution is -2.35. The van der Waals surface area contributed by atoms with Gasteiger partial charge in [-0.25, -0.2) is 0 Å². The summed E-state index contributed by atoms with van der Waals surface area (Å²) in [5.74, 6) is 5.25. The van der Waals surface area contributed by atoms with Crippen molar-refractivity contribution in [2.24, 2.45) is 29.6 Å². The Kier molecular flexibility index (Phi) is 5.53. The van der Waals surface area contributed by atoms with Gasteiger partial charge in [0.25, 0.3) is 0 Å². The second kappa shape index (κ2) is 7.85. The van der Waals surface area contributed by atoms with Crippen LogP contribution in [0.4, 0.5) is 0 Å². The van der Waals surface area contributed by atoms with Crippen molar-refractivity contribution in [3.05, 3.63) is 34.9 Å². The first-order chi connectivity index (χ1) is 12.2. The summed E-state index contributed by atoms with van der Waals surface area (Å²) in [7, 11) is 0. The molecule has 0 heterocycles. The largest absolute Gasteiger partial charge is 0.0654 e. The zero-order valence-electron chi connectivity index (χ0n) is 16.6. The number of aryl methyl sites for hydroxylation is 2. The zero-order chi connectivity index (χ0) is 17.2. The lowest BCUT2D eigenvalue weighted by molar-refractivity contribution is 0.0691. The maximum atomic E-state index is 2.44. The minimum atomic E-state index is 0.981. The van der Waals surface area contributed by atoms with E-state index in [1.807, 2.05) is 0 Å². The van der Waals surface area contributed by atoms with E-state index in [1.54, 1.807) is 43.2 Å². The molecule has 4 rings (SSSR count). The summed E-state index contributed by atoms with van der Waals surface area (Å²) < 4.78 is 0. The van der Waals surface area contributed by atoms with Gasteiger partial charge in [-0.15, -0.1) is 0 Å². The Bertz CT molecular complexity index is 571. The molecule has 2 saturated carbocycles. The van der Waals surface area contributed by atoms with Crippen LogP contribution in [0.5, 0.6) is 0 Å². The van der Waals surface area contributed by atoms with Crippen molar-refractivity contribution in [1.82, 2.24) is 0 Å². The number of hydrogen-bond acceptors (Lipinski definition) is 0. The molecular weight excluding hydrogens is 300 g/mol. The van der Waals surface area contributed by atoms with Crippen molar-refractivity contribution >= 4 is 0 Å². The molecule has 25 heavy (non-hydrogen) atoms. The molecular formula is C25H38. The van der Waals surface area contributed by atoms with Gasteiger partial charge in [0.1, 0.15) is 0 Å². The zero-order valence-corrected chi connectivity index (χ0v) is 16.6. The molecule has 0 amide bonds. The number of fused-ring (bicyclic) bond motifs is 2. The van der Waals surface area contributed by atoms with Crippen molar-refractivity contribution in [1.29, 1.82) is 0 Å². The van der Waals surface area contributed by atoms with Crippen LogP contribution >= 0.6 is 0 Å². The Morgan fingerprint density at radius 2 is 1.60 bits per heavy atom. The van der Waals surface area contributed by atoms with Gasteiger partial charge in [0, 0.05) is 0 Å². The van der Waals surface area contributed by atoms with E-state index in [1.165, 1.54) is 50.5 Å². The maximum Gasteiger partial charge on any atom is -0.0245 e. The second-order valence-corrected chi connectivity index (χ2v) is 9.69. The predicted octanol–water partition coefficient (Wildman–Crippen LogP) is 7.12. The third-order valence-corrected chi connectivity index (χ3v) is 8.02. The average Bonchev–Trinajstić information content (AvgIpc) is 2.65. The maximum absolute atomic E-state index is 2.44. The normalized spacial score (nSPS) is 35.0. The first kappa shape index (κ1) is 17.6. The van der Waals surface area contributed by atoms with Crippen LogP contribution in [-0.4, -0.2) is 0 Å². The molecule has 5 atom stereocenters. The highest BCUT2D eigenvalue weighted by Crippen LogP contribution is 2.49. The van der Waals surface area contributed by atoms with E-state index < -0.39 is 0 Å². The molecule has 0 saturated heterocycles. The van der Waals surface area contributed by atoms with E-state index in [0.717, 1.165) is 29.6 Å². The predicted molar refractivity (Wildman–Crippen MR) is 108 cm³/mol. The third kappa shape index (κ3) is 3.99. The van der Waals surface area contributed by atoms with Crippen LogP contribution < -0.4 is 0 Å². The molecule has 2 fully saturated rings. The molecule has 138 valence electrons. The van der Waals surface area contributed by atoms with Crippen LogP contribution in [0, 0.1) is 36.5 Å². The Hall–Kier alpha value is -0.780. The van der Waals surface area contributed by atoms with Crippen LogP contribution in [0.3, 0.4) is 0 Å². The number of hydrogen-bond donors (Lipinski definition) is 0. The molecule has 1 aromatic carbocycles. The van der Waals surface area contributed by atoms with Crippen molar-refractivity contribution in [2.45, 2.75) is 90.9 Å². The molecule has 0 aromatic heterocycles. The quantitative estimate of drug-likeness (QED) is 0.548. The Balaban J connectivity index is 1.33. The number of benzene rings is 1. The van der Waals surface area contributed by atoms with Gasteiger partial charge in [0.05, 0.1) is 0 Å². The Morgan fingerprint density at radius 1 is 0.840 bits per heavy atom. The minimum Gasteiger partial charge on any atom is -0.0654 e. The van der Waals surface area contributed by atoms with Gasteiger partial charge >= 0.3 is 0 Å². The van der Waals surface area contributed by atoms with E-state index in [2.05, 4.69) is 32.0 Å². The Morgan fingerprint density at radius 3 is 2.44 bits per heavy atom. The summed E-state index contributed by atoms with van der Waals surface area (Å²) in [6, 6.07) is 7.21. The molecule has 3 aliphatic carbocycles. The first-order valence-electron chi connectivity index (χ1n) is 11.3. The van der Waals surface area contributed by atoms with Crippen LogP contribution in [-0.2, 0) is 12.8 Å². The molecule has 3 aliphatic rings. The lowest BCUT2D eigenvalue weighted by Gasteiger charge is -2.45. The fourth-order valence-electron chi connectivity index (χ4n) is 6.52. The van der Waals surface area contributed by atoms with Crippen molar-refractivity contribution in [3.8, 4) is 0 Å². The van der Waals surface area contributed by atoms with Gasteiger partial charge in [-0.2, -0.15) is 0 Å². The monoisotopic (exact) mass is 338 g/mol. The summed E-state index contributed by atoms with van der Waals surface area (Å²) in [4.78, 5) is 0. The van der Waals surface area contributed by atoms with Crippen molar-refractivity contribution in [2.75, 3.05) is 0 Å². The smallest absolute Gasteiger partial charge is 0.0245 e. The fraction of sp³-hybridized carbons (Fsp3) is 0.760. The van der Waals surface area contributed by atoms with Crippen LogP contribution in [0.1, 0.15) is 87.8 Å². The van der Waals surface area contributed by atoms with E-state index in [9.17, 15) is 0 Å². The first-order valence-corrected chi connectivity index (χ1v) is 11.3. The van der Waals surface area contributed by atoms with E-state index >= 15 is 0 Å². The second-order valence-electron chi connectivity index (χ2n) is 9.69. The molecule has 0 N–H and O–H groups in total. The summed E-state index contributed by atoms with van der Waals surface area (Å²) >= 11 is 0. The number of unbranched alkanes of at least 4 members (excludes halogenated alkanes) is 1. The third-order valence-electron chi connectivity index (χ3n) is 8.02. The SMILES string of the molecule is CCCC[C@@H]1CC[C@@H]2CC(C3CCc4cc(C)ccc4C3)CCC2C1. The van der Waals surface area contributed by atoms with Crippen LogP contribution in [0.15, 0.2) is 18.2 Å².